The third-order valence-corrected chi connectivity index (χ3v) is 1.96. The minimum atomic E-state index is -1.10. The molecule has 6 nitrogen and oxygen atoms in total. The first-order valence-electron chi connectivity index (χ1n) is 3.81. The smallest absolute Gasteiger partial charge is 0.341 e. The van der Waals surface area contributed by atoms with Crippen LogP contribution in [0, 0.1) is 15.9 Å². The number of nitro benzene ring substituents is 1. The van der Waals surface area contributed by atoms with Gasteiger partial charge in [-0.15, -0.1) is 0 Å². The van der Waals surface area contributed by atoms with Gasteiger partial charge in [-0.1, -0.05) is 11.6 Å². The quantitative estimate of drug-likeness (QED) is 0.355. The van der Waals surface area contributed by atoms with Crippen molar-refractivity contribution in [3.63, 3.8) is 0 Å². The van der Waals surface area contributed by atoms with Crippen LogP contribution in [-0.2, 0) is 4.79 Å². The van der Waals surface area contributed by atoms with E-state index in [0.29, 0.717) is 0 Å². The number of nitrogens with zero attached hydrogens (tertiary/aromatic N) is 2. The summed E-state index contributed by atoms with van der Waals surface area (Å²) in [7, 11) is 1.13. The summed E-state index contributed by atoms with van der Waals surface area (Å²) in [6.45, 7) is 0. The van der Waals surface area contributed by atoms with Crippen LogP contribution in [0.25, 0.3) is 0 Å². The van der Waals surface area contributed by atoms with Crippen LogP contribution in [0.15, 0.2) is 11.1 Å². The van der Waals surface area contributed by atoms with Gasteiger partial charge < -0.3 is 4.74 Å². The van der Waals surface area contributed by atoms with E-state index in [9.17, 15) is 19.3 Å². The standard InChI is InChI=1S/C8H4ClFN2O4/c1-16-8-4(9)2-5(10)6(11-3-13)7(8)12(14)15/h2H,1H3. The highest BCUT2D eigenvalue weighted by molar-refractivity contribution is 6.32. The predicted octanol–water partition coefficient (Wildman–Crippen LogP) is 2.36. The Hall–Kier alpha value is -1.98. The van der Waals surface area contributed by atoms with Gasteiger partial charge in [-0.25, -0.2) is 9.18 Å². The van der Waals surface area contributed by atoms with Crippen molar-refractivity contribution in [3.05, 3.63) is 27.0 Å². The van der Waals surface area contributed by atoms with Crippen molar-refractivity contribution in [3.8, 4) is 5.75 Å². The zero-order valence-corrected chi connectivity index (χ0v) is 8.62. The molecule has 0 unspecified atom stereocenters. The molecule has 1 rings (SSSR count). The molecule has 0 aliphatic carbocycles. The Morgan fingerprint density at radius 1 is 1.69 bits per heavy atom. The van der Waals surface area contributed by atoms with Crippen molar-refractivity contribution in [2.75, 3.05) is 7.11 Å². The molecule has 1 aromatic carbocycles. The first-order chi connectivity index (χ1) is 7.52. The second-order valence-electron chi connectivity index (χ2n) is 2.53. The number of hydrogen-bond donors (Lipinski definition) is 0. The second kappa shape index (κ2) is 4.69. The molecule has 0 bridgehead atoms. The molecule has 0 saturated carbocycles. The van der Waals surface area contributed by atoms with Gasteiger partial charge in [0.25, 0.3) is 0 Å². The van der Waals surface area contributed by atoms with E-state index in [-0.39, 0.29) is 10.8 Å². The van der Waals surface area contributed by atoms with Crippen LogP contribution in [0.2, 0.25) is 5.02 Å². The van der Waals surface area contributed by atoms with Crippen LogP contribution in [0.1, 0.15) is 0 Å². The molecule has 0 saturated heterocycles. The van der Waals surface area contributed by atoms with Crippen molar-refractivity contribution in [1.82, 2.24) is 0 Å². The third kappa shape index (κ3) is 2.00. The van der Waals surface area contributed by atoms with Gasteiger partial charge in [-0.2, -0.15) is 4.99 Å². The molecule has 1 aromatic rings. The van der Waals surface area contributed by atoms with Gasteiger partial charge in [0.05, 0.1) is 17.1 Å². The highest BCUT2D eigenvalue weighted by Gasteiger charge is 2.27. The minimum absolute atomic E-state index is 0.281. The fourth-order valence-electron chi connectivity index (χ4n) is 1.09. The molecule has 0 heterocycles. The van der Waals surface area contributed by atoms with Crippen molar-refractivity contribution in [2.45, 2.75) is 0 Å². The van der Waals surface area contributed by atoms with E-state index in [1.165, 1.54) is 0 Å². The Labute approximate surface area is 93.5 Å². The Morgan fingerprint density at radius 2 is 2.31 bits per heavy atom. The van der Waals surface area contributed by atoms with Crippen LogP contribution in [0.4, 0.5) is 15.8 Å². The molecule has 0 aromatic heterocycles. The summed E-state index contributed by atoms with van der Waals surface area (Å²) in [6, 6.07) is 0.767. The molecule has 0 atom stereocenters. The SMILES string of the molecule is COc1c(Cl)cc(F)c(N=C=O)c1[N+](=O)[O-]. The Bertz CT molecular complexity index is 499. The highest BCUT2D eigenvalue weighted by Crippen LogP contribution is 2.43. The number of aliphatic imine (C=N–C) groups is 1. The molecule has 16 heavy (non-hydrogen) atoms. The average Bonchev–Trinajstić information content (AvgIpc) is 2.21. The Kier molecular flexibility index (Phi) is 3.55. The summed E-state index contributed by atoms with van der Waals surface area (Å²) in [5.74, 6) is -1.46. The third-order valence-electron chi connectivity index (χ3n) is 1.68. The molecule has 0 spiro atoms. The number of isocyanates is 1. The molecule has 8 heteroatoms. The van der Waals surface area contributed by atoms with Gasteiger partial charge >= 0.3 is 5.69 Å². The Morgan fingerprint density at radius 3 is 2.75 bits per heavy atom. The predicted molar refractivity (Wildman–Crippen MR) is 52.4 cm³/mol. The summed E-state index contributed by atoms with van der Waals surface area (Å²) in [4.78, 5) is 22.7. The topological polar surface area (TPSA) is 81.8 Å². The molecular formula is C8H4ClFN2O4. The Balaban J connectivity index is 3.71. The van der Waals surface area contributed by atoms with Crippen LogP contribution < -0.4 is 4.74 Å². The van der Waals surface area contributed by atoms with Gasteiger partial charge in [0.1, 0.15) is 0 Å². The van der Waals surface area contributed by atoms with Gasteiger partial charge in [-0.3, -0.25) is 10.1 Å². The number of hydrogen-bond acceptors (Lipinski definition) is 5. The maximum Gasteiger partial charge on any atom is 0.341 e. The number of ether oxygens (including phenoxy) is 1. The van der Waals surface area contributed by atoms with Crippen LogP contribution in [0.3, 0.4) is 0 Å². The van der Waals surface area contributed by atoms with E-state index < -0.39 is 22.1 Å². The fourth-order valence-corrected chi connectivity index (χ4v) is 1.36. The van der Waals surface area contributed by atoms with E-state index in [0.717, 1.165) is 19.3 Å². The molecule has 84 valence electrons. The number of benzene rings is 1. The van der Waals surface area contributed by atoms with Crippen molar-refractivity contribution in [2.24, 2.45) is 4.99 Å². The monoisotopic (exact) mass is 246 g/mol. The first-order valence-corrected chi connectivity index (χ1v) is 4.19. The first kappa shape index (κ1) is 12.1. The van der Waals surface area contributed by atoms with Gasteiger partial charge in [0, 0.05) is 0 Å². The molecule has 0 amide bonds. The summed E-state index contributed by atoms with van der Waals surface area (Å²) in [6.07, 6.45) is 1.02. The van der Waals surface area contributed by atoms with Crippen LogP contribution in [-0.4, -0.2) is 18.1 Å². The lowest BCUT2D eigenvalue weighted by molar-refractivity contribution is -0.385. The van der Waals surface area contributed by atoms with Crippen molar-refractivity contribution in [1.29, 1.82) is 0 Å². The normalized spacial score (nSPS) is 9.44. The maximum atomic E-state index is 13.3. The minimum Gasteiger partial charge on any atom is -0.489 e. The van der Waals surface area contributed by atoms with Gasteiger partial charge in [-0.05, 0) is 6.07 Å². The molecule has 0 aliphatic rings. The van der Waals surface area contributed by atoms with E-state index >= 15 is 0 Å². The average molecular weight is 247 g/mol. The number of rotatable bonds is 3. The van der Waals surface area contributed by atoms with Gasteiger partial charge in [0.15, 0.2) is 11.5 Å². The molecule has 0 radical (unpaired) electrons. The number of methoxy groups -OCH3 is 1. The molecule has 0 aliphatic heterocycles. The summed E-state index contributed by atoms with van der Waals surface area (Å²) >= 11 is 5.54. The lowest BCUT2D eigenvalue weighted by atomic mass is 10.2. The highest BCUT2D eigenvalue weighted by atomic mass is 35.5. The van der Waals surface area contributed by atoms with Crippen molar-refractivity contribution >= 4 is 29.1 Å². The number of carbonyl (C=O) groups excluding carboxylic acids is 1. The largest absolute Gasteiger partial charge is 0.489 e. The van der Waals surface area contributed by atoms with E-state index in [2.05, 4.69) is 9.73 Å². The zero-order chi connectivity index (χ0) is 12.3. The van der Waals surface area contributed by atoms with Crippen LogP contribution in [0.5, 0.6) is 5.75 Å². The summed E-state index contributed by atoms with van der Waals surface area (Å²) in [5.41, 5.74) is -1.57. The van der Waals surface area contributed by atoms with E-state index in [1.54, 1.807) is 0 Å². The summed E-state index contributed by atoms with van der Waals surface area (Å²) < 4.78 is 17.9. The molecular weight excluding hydrogens is 243 g/mol. The summed E-state index contributed by atoms with van der Waals surface area (Å²) in [5, 5.41) is 10.4. The van der Waals surface area contributed by atoms with E-state index in [1.807, 2.05) is 0 Å². The second-order valence-corrected chi connectivity index (χ2v) is 2.94. The maximum absolute atomic E-state index is 13.3. The molecule has 0 fully saturated rings. The van der Waals surface area contributed by atoms with Crippen LogP contribution >= 0.6 is 11.6 Å². The number of halogens is 2. The lowest BCUT2D eigenvalue weighted by Gasteiger charge is -2.05. The fraction of sp³-hybridized carbons (Fsp3) is 0.125. The number of nitro groups is 1. The van der Waals surface area contributed by atoms with Crippen molar-refractivity contribution < 1.29 is 18.8 Å². The van der Waals surface area contributed by atoms with Gasteiger partial charge in [0.2, 0.25) is 11.8 Å². The molecule has 0 N–H and O–H groups in total. The zero-order valence-electron chi connectivity index (χ0n) is 7.86. The van der Waals surface area contributed by atoms with E-state index in [4.69, 9.17) is 11.6 Å². The lowest BCUT2D eigenvalue weighted by Crippen LogP contribution is -1.97.